The number of aromatic amines is 1. The van der Waals surface area contributed by atoms with Gasteiger partial charge in [-0.05, 0) is 49.4 Å². The Kier molecular flexibility index (Phi) is 3.35. The van der Waals surface area contributed by atoms with Crippen LogP contribution in [0.1, 0.15) is 36.1 Å². The number of H-pyrrole nitrogens is 1. The first-order valence-electron chi connectivity index (χ1n) is 6.69. The van der Waals surface area contributed by atoms with E-state index in [0.717, 1.165) is 30.4 Å². The Labute approximate surface area is 118 Å². The van der Waals surface area contributed by atoms with Crippen molar-refractivity contribution in [1.82, 2.24) is 14.9 Å². The number of rotatable bonds is 4. The summed E-state index contributed by atoms with van der Waals surface area (Å²) < 4.78 is 27.5. The molecule has 106 valence electrons. The lowest BCUT2D eigenvalue weighted by molar-refractivity contribution is 0.567. The SMILES string of the molecule is CC(NS(=O)(=O)c1ccc2c(c1)CCC2)c1cn[nH]c1. The molecule has 1 aromatic carbocycles. The summed E-state index contributed by atoms with van der Waals surface area (Å²) in [5, 5.41) is 6.52. The average molecular weight is 291 g/mol. The summed E-state index contributed by atoms with van der Waals surface area (Å²) in [6.45, 7) is 1.80. The minimum atomic E-state index is -3.50. The molecule has 0 saturated heterocycles. The number of nitrogens with zero attached hydrogens (tertiary/aromatic N) is 1. The van der Waals surface area contributed by atoms with Crippen molar-refractivity contribution < 1.29 is 8.42 Å². The third-order valence-electron chi connectivity index (χ3n) is 3.73. The van der Waals surface area contributed by atoms with Crippen molar-refractivity contribution in [3.63, 3.8) is 0 Å². The third-order valence-corrected chi connectivity index (χ3v) is 5.27. The maximum Gasteiger partial charge on any atom is 0.241 e. The van der Waals surface area contributed by atoms with Crippen LogP contribution in [0, 0.1) is 0 Å². The predicted octanol–water partition coefficient (Wildman–Crippen LogP) is 1.94. The van der Waals surface area contributed by atoms with E-state index >= 15 is 0 Å². The normalized spacial score (nSPS) is 16.1. The molecule has 0 spiro atoms. The second-order valence-electron chi connectivity index (χ2n) is 5.16. The van der Waals surface area contributed by atoms with E-state index < -0.39 is 10.0 Å². The summed E-state index contributed by atoms with van der Waals surface area (Å²) in [7, 11) is -3.50. The summed E-state index contributed by atoms with van der Waals surface area (Å²) in [5.74, 6) is 0. The van der Waals surface area contributed by atoms with Gasteiger partial charge in [-0.25, -0.2) is 13.1 Å². The van der Waals surface area contributed by atoms with Crippen LogP contribution < -0.4 is 4.72 Å². The second kappa shape index (κ2) is 5.03. The number of aromatic nitrogens is 2. The highest BCUT2D eigenvalue weighted by atomic mass is 32.2. The van der Waals surface area contributed by atoms with Gasteiger partial charge in [0.25, 0.3) is 0 Å². The van der Waals surface area contributed by atoms with Crippen molar-refractivity contribution in [2.24, 2.45) is 0 Å². The van der Waals surface area contributed by atoms with Crippen LogP contribution in [0.4, 0.5) is 0 Å². The van der Waals surface area contributed by atoms with Crippen LogP contribution in [0.15, 0.2) is 35.5 Å². The molecule has 1 unspecified atom stereocenters. The molecule has 1 aliphatic rings. The molecule has 0 saturated carbocycles. The molecule has 0 fully saturated rings. The van der Waals surface area contributed by atoms with Gasteiger partial charge in [-0.2, -0.15) is 5.10 Å². The monoisotopic (exact) mass is 291 g/mol. The molecule has 5 nitrogen and oxygen atoms in total. The predicted molar refractivity (Wildman–Crippen MR) is 75.8 cm³/mol. The lowest BCUT2D eigenvalue weighted by atomic mass is 10.1. The first-order chi connectivity index (χ1) is 9.56. The van der Waals surface area contributed by atoms with Crippen molar-refractivity contribution in [2.45, 2.75) is 37.1 Å². The summed E-state index contributed by atoms with van der Waals surface area (Å²) in [5.41, 5.74) is 3.24. The zero-order valence-electron chi connectivity index (χ0n) is 11.3. The molecule has 2 N–H and O–H groups in total. The molecule has 0 bridgehead atoms. The highest BCUT2D eigenvalue weighted by Crippen LogP contribution is 2.25. The number of hydrogen-bond acceptors (Lipinski definition) is 3. The number of sulfonamides is 1. The van der Waals surface area contributed by atoms with E-state index in [9.17, 15) is 8.42 Å². The van der Waals surface area contributed by atoms with E-state index in [0.29, 0.717) is 4.90 Å². The molecule has 3 rings (SSSR count). The van der Waals surface area contributed by atoms with Crippen LogP contribution in [0.5, 0.6) is 0 Å². The summed E-state index contributed by atoms with van der Waals surface area (Å²) in [6.07, 6.45) is 6.44. The molecule has 1 aliphatic carbocycles. The fourth-order valence-electron chi connectivity index (χ4n) is 2.58. The maximum atomic E-state index is 12.4. The van der Waals surface area contributed by atoms with E-state index in [1.807, 2.05) is 6.07 Å². The molecule has 1 atom stereocenters. The van der Waals surface area contributed by atoms with Gasteiger partial charge in [-0.1, -0.05) is 6.07 Å². The summed E-state index contributed by atoms with van der Waals surface area (Å²) >= 11 is 0. The Morgan fingerprint density at radius 1 is 1.30 bits per heavy atom. The second-order valence-corrected chi connectivity index (χ2v) is 6.87. The van der Waals surface area contributed by atoms with Gasteiger partial charge in [-0.3, -0.25) is 5.10 Å². The lowest BCUT2D eigenvalue weighted by Gasteiger charge is -2.13. The summed E-state index contributed by atoms with van der Waals surface area (Å²) in [6, 6.07) is 5.10. The number of nitrogens with one attached hydrogen (secondary N) is 2. The van der Waals surface area contributed by atoms with E-state index in [1.165, 1.54) is 5.56 Å². The van der Waals surface area contributed by atoms with Crippen LogP contribution >= 0.6 is 0 Å². The molecule has 1 aromatic heterocycles. The zero-order chi connectivity index (χ0) is 14.2. The molecule has 2 aromatic rings. The van der Waals surface area contributed by atoms with E-state index in [4.69, 9.17) is 0 Å². The Morgan fingerprint density at radius 2 is 2.10 bits per heavy atom. The average Bonchev–Trinajstić information content (AvgIpc) is 3.08. The van der Waals surface area contributed by atoms with Crippen LogP contribution in [0.2, 0.25) is 0 Å². The highest BCUT2D eigenvalue weighted by molar-refractivity contribution is 7.89. The molecule has 1 heterocycles. The molecular formula is C14H17N3O2S. The van der Waals surface area contributed by atoms with Gasteiger partial charge in [0.1, 0.15) is 0 Å². The lowest BCUT2D eigenvalue weighted by Crippen LogP contribution is -2.26. The van der Waals surface area contributed by atoms with Gasteiger partial charge in [0.2, 0.25) is 10.0 Å². The minimum absolute atomic E-state index is 0.313. The van der Waals surface area contributed by atoms with Gasteiger partial charge < -0.3 is 0 Å². The van der Waals surface area contributed by atoms with E-state index in [-0.39, 0.29) is 6.04 Å². The number of aryl methyl sites for hydroxylation is 2. The van der Waals surface area contributed by atoms with Crippen LogP contribution in [0.3, 0.4) is 0 Å². The van der Waals surface area contributed by atoms with Gasteiger partial charge in [0, 0.05) is 17.8 Å². The largest absolute Gasteiger partial charge is 0.285 e. The quantitative estimate of drug-likeness (QED) is 0.904. The number of benzene rings is 1. The Bertz CT molecular complexity index is 708. The van der Waals surface area contributed by atoms with Crippen molar-refractivity contribution in [2.75, 3.05) is 0 Å². The fraction of sp³-hybridized carbons (Fsp3) is 0.357. The zero-order valence-corrected chi connectivity index (χ0v) is 12.1. The third kappa shape index (κ3) is 2.48. The molecular weight excluding hydrogens is 274 g/mol. The fourth-order valence-corrected chi connectivity index (χ4v) is 3.86. The number of hydrogen-bond donors (Lipinski definition) is 2. The van der Waals surface area contributed by atoms with Crippen LogP contribution in [-0.2, 0) is 22.9 Å². The Morgan fingerprint density at radius 3 is 2.85 bits per heavy atom. The molecule has 20 heavy (non-hydrogen) atoms. The maximum absolute atomic E-state index is 12.4. The van der Waals surface area contributed by atoms with Crippen molar-refractivity contribution in [3.8, 4) is 0 Å². The van der Waals surface area contributed by atoms with Crippen molar-refractivity contribution in [3.05, 3.63) is 47.3 Å². The van der Waals surface area contributed by atoms with Crippen LogP contribution in [0.25, 0.3) is 0 Å². The molecule has 0 radical (unpaired) electrons. The van der Waals surface area contributed by atoms with Gasteiger partial charge in [-0.15, -0.1) is 0 Å². The van der Waals surface area contributed by atoms with Gasteiger partial charge in [0.15, 0.2) is 0 Å². The Balaban J connectivity index is 1.85. The smallest absolute Gasteiger partial charge is 0.241 e. The van der Waals surface area contributed by atoms with Crippen molar-refractivity contribution >= 4 is 10.0 Å². The standard InChI is InChI=1S/C14H17N3O2S/c1-10(13-8-15-16-9-13)17-20(18,19)14-6-5-11-3-2-4-12(11)7-14/h5-10,17H,2-4H2,1H3,(H,15,16). The van der Waals surface area contributed by atoms with E-state index in [2.05, 4.69) is 14.9 Å². The summed E-state index contributed by atoms with van der Waals surface area (Å²) in [4.78, 5) is 0.341. The molecule has 0 amide bonds. The molecule has 0 aliphatic heterocycles. The first kappa shape index (κ1) is 13.3. The van der Waals surface area contributed by atoms with Crippen LogP contribution in [-0.4, -0.2) is 18.6 Å². The number of fused-ring (bicyclic) bond motifs is 1. The Hall–Kier alpha value is -1.66. The van der Waals surface area contributed by atoms with E-state index in [1.54, 1.807) is 31.5 Å². The first-order valence-corrected chi connectivity index (χ1v) is 8.17. The molecule has 6 heteroatoms. The van der Waals surface area contributed by atoms with Crippen molar-refractivity contribution in [1.29, 1.82) is 0 Å². The minimum Gasteiger partial charge on any atom is -0.285 e. The van der Waals surface area contributed by atoms with Gasteiger partial charge >= 0.3 is 0 Å². The highest BCUT2D eigenvalue weighted by Gasteiger charge is 2.21. The van der Waals surface area contributed by atoms with Gasteiger partial charge in [0.05, 0.1) is 11.1 Å². The topological polar surface area (TPSA) is 74.8 Å².